The lowest BCUT2D eigenvalue weighted by molar-refractivity contribution is 0.611. The molecule has 1 aromatic carbocycles. The summed E-state index contributed by atoms with van der Waals surface area (Å²) in [7, 11) is 1.97. The molecule has 0 amide bonds. The number of rotatable bonds is 4. The number of benzene rings is 1. The van der Waals surface area contributed by atoms with E-state index in [9.17, 15) is 0 Å². The van der Waals surface area contributed by atoms with E-state index in [1.165, 1.54) is 22.4 Å². The zero-order valence-electron chi connectivity index (χ0n) is 12.6. The number of aryl methyl sites for hydroxylation is 4. The normalized spacial score (nSPS) is 12.7. The first kappa shape index (κ1) is 15.3. The van der Waals surface area contributed by atoms with Gasteiger partial charge >= 0.3 is 0 Å². The minimum absolute atomic E-state index is 0.100. The van der Waals surface area contributed by atoms with Gasteiger partial charge in [0.2, 0.25) is 0 Å². The lowest BCUT2D eigenvalue weighted by Gasteiger charge is -2.13. The van der Waals surface area contributed by atoms with Gasteiger partial charge in [-0.2, -0.15) is 5.10 Å². The van der Waals surface area contributed by atoms with Crippen molar-refractivity contribution in [2.24, 2.45) is 12.8 Å². The first-order chi connectivity index (χ1) is 9.38. The molecule has 0 bridgehead atoms. The summed E-state index contributed by atoms with van der Waals surface area (Å²) in [5, 5.41) is 4.41. The summed E-state index contributed by atoms with van der Waals surface area (Å²) in [6.45, 7) is 6.28. The number of hydrogen-bond acceptors (Lipinski definition) is 2. The number of nitrogens with two attached hydrogens (primary N) is 1. The van der Waals surface area contributed by atoms with Gasteiger partial charge in [0.25, 0.3) is 0 Å². The smallest absolute Gasteiger partial charge is 0.0738 e. The number of hydrogen-bond donors (Lipinski definition) is 1. The SMILES string of the molecule is Cc1ccc(CC(N)Cc2c(Br)c(C)nn2C)cc1C. The second kappa shape index (κ2) is 6.10. The van der Waals surface area contributed by atoms with Crippen LogP contribution in [0, 0.1) is 20.8 Å². The van der Waals surface area contributed by atoms with Crippen molar-refractivity contribution in [1.29, 1.82) is 0 Å². The Labute approximate surface area is 129 Å². The number of halogens is 1. The van der Waals surface area contributed by atoms with Crippen LogP contribution in [-0.4, -0.2) is 15.8 Å². The van der Waals surface area contributed by atoms with E-state index >= 15 is 0 Å². The van der Waals surface area contributed by atoms with Crippen LogP contribution < -0.4 is 5.73 Å². The van der Waals surface area contributed by atoms with Gasteiger partial charge in [-0.05, 0) is 59.8 Å². The molecule has 0 fully saturated rings. The molecule has 2 N–H and O–H groups in total. The minimum atomic E-state index is 0.100. The summed E-state index contributed by atoms with van der Waals surface area (Å²) < 4.78 is 3.00. The van der Waals surface area contributed by atoms with Crippen LogP contribution in [0.4, 0.5) is 0 Å². The number of aromatic nitrogens is 2. The van der Waals surface area contributed by atoms with Crippen molar-refractivity contribution in [2.45, 2.75) is 39.7 Å². The highest BCUT2D eigenvalue weighted by Crippen LogP contribution is 2.22. The van der Waals surface area contributed by atoms with Gasteiger partial charge < -0.3 is 5.73 Å². The minimum Gasteiger partial charge on any atom is -0.327 e. The van der Waals surface area contributed by atoms with Crippen molar-refractivity contribution in [3.63, 3.8) is 0 Å². The predicted octanol–water partition coefficient (Wildman–Crippen LogP) is 3.22. The molecule has 1 aromatic heterocycles. The molecule has 1 atom stereocenters. The Morgan fingerprint density at radius 3 is 2.45 bits per heavy atom. The molecule has 4 heteroatoms. The highest BCUT2D eigenvalue weighted by atomic mass is 79.9. The Morgan fingerprint density at radius 1 is 1.20 bits per heavy atom. The second-order valence-corrected chi connectivity index (χ2v) is 6.35. The average Bonchev–Trinajstić information content (AvgIpc) is 2.61. The monoisotopic (exact) mass is 335 g/mol. The third kappa shape index (κ3) is 3.30. The van der Waals surface area contributed by atoms with Gasteiger partial charge in [0.05, 0.1) is 15.9 Å². The van der Waals surface area contributed by atoms with Gasteiger partial charge in [-0.25, -0.2) is 0 Å². The Morgan fingerprint density at radius 2 is 1.90 bits per heavy atom. The topological polar surface area (TPSA) is 43.8 Å². The molecule has 20 heavy (non-hydrogen) atoms. The highest BCUT2D eigenvalue weighted by Gasteiger charge is 2.14. The van der Waals surface area contributed by atoms with E-state index in [4.69, 9.17) is 5.73 Å². The molecule has 3 nitrogen and oxygen atoms in total. The van der Waals surface area contributed by atoms with E-state index in [0.717, 1.165) is 23.0 Å². The van der Waals surface area contributed by atoms with E-state index in [2.05, 4.69) is 53.1 Å². The van der Waals surface area contributed by atoms with Crippen LogP contribution in [0.25, 0.3) is 0 Å². The molecule has 0 aliphatic rings. The van der Waals surface area contributed by atoms with E-state index < -0.39 is 0 Å². The maximum Gasteiger partial charge on any atom is 0.0738 e. The van der Waals surface area contributed by atoms with Gasteiger partial charge in [0, 0.05) is 19.5 Å². The summed E-state index contributed by atoms with van der Waals surface area (Å²) in [5.41, 5.74) is 12.4. The molecule has 0 aliphatic heterocycles. The van der Waals surface area contributed by atoms with Crippen LogP contribution in [0.1, 0.15) is 28.1 Å². The van der Waals surface area contributed by atoms with Gasteiger partial charge in [-0.3, -0.25) is 4.68 Å². The molecular formula is C16H22BrN3. The van der Waals surface area contributed by atoms with Gasteiger partial charge in [0.15, 0.2) is 0 Å². The third-order valence-corrected chi connectivity index (χ3v) is 4.82. The summed E-state index contributed by atoms with van der Waals surface area (Å²) in [5.74, 6) is 0. The molecule has 108 valence electrons. The highest BCUT2D eigenvalue weighted by molar-refractivity contribution is 9.10. The van der Waals surface area contributed by atoms with E-state index in [1.54, 1.807) is 0 Å². The fraction of sp³-hybridized carbons (Fsp3) is 0.438. The first-order valence-electron chi connectivity index (χ1n) is 6.88. The molecule has 0 radical (unpaired) electrons. The van der Waals surface area contributed by atoms with Crippen molar-refractivity contribution >= 4 is 15.9 Å². The fourth-order valence-corrected chi connectivity index (χ4v) is 2.95. The van der Waals surface area contributed by atoms with Gasteiger partial charge in [0.1, 0.15) is 0 Å². The van der Waals surface area contributed by atoms with Crippen LogP contribution >= 0.6 is 15.9 Å². The summed E-state index contributed by atoms with van der Waals surface area (Å²) in [6.07, 6.45) is 1.71. The zero-order chi connectivity index (χ0) is 14.9. The molecule has 0 aliphatic carbocycles. The predicted molar refractivity (Wildman–Crippen MR) is 86.9 cm³/mol. The molecule has 2 rings (SSSR count). The van der Waals surface area contributed by atoms with Crippen LogP contribution in [0.3, 0.4) is 0 Å². The van der Waals surface area contributed by atoms with Crippen LogP contribution in [-0.2, 0) is 19.9 Å². The molecular weight excluding hydrogens is 314 g/mol. The third-order valence-electron chi connectivity index (χ3n) is 3.79. The van der Waals surface area contributed by atoms with Crippen molar-refractivity contribution in [3.05, 3.63) is 50.8 Å². The van der Waals surface area contributed by atoms with Crippen LogP contribution in [0.15, 0.2) is 22.7 Å². The average molecular weight is 336 g/mol. The lowest BCUT2D eigenvalue weighted by Crippen LogP contribution is -2.26. The summed E-state index contributed by atoms with van der Waals surface area (Å²) in [4.78, 5) is 0. The Hall–Kier alpha value is -1.13. The van der Waals surface area contributed by atoms with E-state index in [1.807, 2.05) is 18.7 Å². The van der Waals surface area contributed by atoms with Crippen molar-refractivity contribution in [2.75, 3.05) is 0 Å². The quantitative estimate of drug-likeness (QED) is 0.932. The van der Waals surface area contributed by atoms with Crippen molar-refractivity contribution in [3.8, 4) is 0 Å². The molecule has 0 saturated carbocycles. The maximum atomic E-state index is 6.31. The van der Waals surface area contributed by atoms with Crippen LogP contribution in [0.5, 0.6) is 0 Å². The Kier molecular flexibility index (Phi) is 4.66. The standard InChI is InChI=1S/C16H22BrN3/c1-10-5-6-13(7-11(10)2)8-14(18)9-15-16(17)12(3)19-20(15)4/h5-7,14H,8-9,18H2,1-4H3. The second-order valence-electron chi connectivity index (χ2n) is 5.56. The fourth-order valence-electron chi connectivity index (χ4n) is 2.46. The Balaban J connectivity index is 2.08. The molecule has 2 aromatic rings. The molecule has 0 spiro atoms. The first-order valence-corrected chi connectivity index (χ1v) is 7.67. The lowest BCUT2D eigenvalue weighted by atomic mass is 9.99. The van der Waals surface area contributed by atoms with E-state index in [0.29, 0.717) is 0 Å². The van der Waals surface area contributed by atoms with Crippen molar-refractivity contribution in [1.82, 2.24) is 9.78 Å². The summed E-state index contributed by atoms with van der Waals surface area (Å²) in [6, 6.07) is 6.68. The van der Waals surface area contributed by atoms with E-state index in [-0.39, 0.29) is 6.04 Å². The maximum absolute atomic E-state index is 6.31. The van der Waals surface area contributed by atoms with Crippen LogP contribution in [0.2, 0.25) is 0 Å². The van der Waals surface area contributed by atoms with Crippen molar-refractivity contribution < 1.29 is 0 Å². The molecule has 1 heterocycles. The zero-order valence-corrected chi connectivity index (χ0v) is 14.2. The molecule has 1 unspecified atom stereocenters. The Bertz CT molecular complexity index is 616. The largest absolute Gasteiger partial charge is 0.327 e. The van der Waals surface area contributed by atoms with Gasteiger partial charge in [-0.1, -0.05) is 18.2 Å². The number of nitrogens with zero attached hydrogens (tertiary/aromatic N) is 2. The summed E-state index contributed by atoms with van der Waals surface area (Å²) >= 11 is 3.60. The molecule has 0 saturated heterocycles. The van der Waals surface area contributed by atoms with Gasteiger partial charge in [-0.15, -0.1) is 0 Å².